The molecule has 30 heavy (non-hydrogen) atoms. The first kappa shape index (κ1) is 16.1. The minimum atomic E-state index is 0.356. The monoisotopic (exact) mass is 388 g/mol. The fourth-order valence-electron chi connectivity index (χ4n) is 5.29. The summed E-state index contributed by atoms with van der Waals surface area (Å²) in [6, 6.07) is 28.5. The molecule has 0 aliphatic carbocycles. The zero-order valence-corrected chi connectivity index (χ0v) is 16.9. The highest BCUT2D eigenvalue weighted by molar-refractivity contribution is 6.24. The molecule has 0 spiro atoms. The number of nitrogens with zero attached hydrogens (tertiary/aromatic N) is 2. The van der Waals surface area contributed by atoms with Gasteiger partial charge in [-0.05, 0) is 44.2 Å². The van der Waals surface area contributed by atoms with Crippen LogP contribution < -0.4 is 4.90 Å². The van der Waals surface area contributed by atoms with E-state index in [1.165, 1.54) is 44.1 Å². The quantitative estimate of drug-likeness (QED) is 0.290. The summed E-state index contributed by atoms with van der Waals surface area (Å²) in [5.74, 6) is 0. The first-order valence-electron chi connectivity index (χ1n) is 10.5. The first-order chi connectivity index (χ1) is 14.7. The molecular formula is C27H20N2O. The molecular weight excluding hydrogens is 368 g/mol. The summed E-state index contributed by atoms with van der Waals surface area (Å²) in [4.78, 5) is 2.45. The van der Waals surface area contributed by atoms with Gasteiger partial charge in [-0.15, -0.1) is 0 Å². The zero-order valence-electron chi connectivity index (χ0n) is 16.9. The van der Waals surface area contributed by atoms with Gasteiger partial charge in [0, 0.05) is 27.6 Å². The normalized spacial score (nSPS) is 13.2. The van der Waals surface area contributed by atoms with Crippen LogP contribution in [0.15, 0.2) is 83.3 Å². The molecule has 0 N–H and O–H groups in total. The molecule has 0 saturated carbocycles. The number of hydrogen-bond donors (Lipinski definition) is 0. The van der Waals surface area contributed by atoms with Gasteiger partial charge in [-0.1, -0.05) is 48.5 Å². The summed E-state index contributed by atoms with van der Waals surface area (Å²) in [6.45, 7) is 4.51. The van der Waals surface area contributed by atoms with E-state index in [2.05, 4.69) is 96.1 Å². The zero-order chi connectivity index (χ0) is 20.0. The lowest BCUT2D eigenvalue weighted by molar-refractivity contribution is 0.671. The third-order valence-electron chi connectivity index (χ3n) is 6.43. The largest absolute Gasteiger partial charge is 0.454 e. The van der Waals surface area contributed by atoms with Gasteiger partial charge < -0.3 is 13.9 Å². The van der Waals surface area contributed by atoms with E-state index in [9.17, 15) is 0 Å². The summed E-state index contributed by atoms with van der Waals surface area (Å²) in [6.07, 6.45) is 0. The van der Waals surface area contributed by atoms with Gasteiger partial charge in [-0.3, -0.25) is 0 Å². The lowest BCUT2D eigenvalue weighted by Gasteiger charge is -2.35. The van der Waals surface area contributed by atoms with E-state index in [0.717, 1.165) is 16.7 Å². The molecule has 0 unspecified atom stereocenters. The Morgan fingerprint density at radius 3 is 2.13 bits per heavy atom. The predicted octanol–water partition coefficient (Wildman–Crippen LogP) is 7.54. The molecule has 0 bridgehead atoms. The molecule has 6 aromatic rings. The Balaban J connectivity index is 1.78. The van der Waals surface area contributed by atoms with Gasteiger partial charge in [0.25, 0.3) is 0 Å². The Bertz CT molecular complexity index is 1630. The van der Waals surface area contributed by atoms with Crippen LogP contribution in [0, 0.1) is 0 Å². The van der Waals surface area contributed by atoms with Crippen molar-refractivity contribution in [3.63, 3.8) is 0 Å². The van der Waals surface area contributed by atoms with Crippen molar-refractivity contribution in [1.82, 2.24) is 4.57 Å². The number of rotatable bonds is 1. The van der Waals surface area contributed by atoms with E-state index in [1.807, 2.05) is 6.07 Å². The van der Waals surface area contributed by atoms with Crippen LogP contribution in [0.3, 0.4) is 0 Å². The molecule has 3 nitrogen and oxygen atoms in total. The minimum absolute atomic E-state index is 0.356. The van der Waals surface area contributed by atoms with E-state index < -0.39 is 0 Å². The molecule has 4 aromatic carbocycles. The number of aromatic nitrogens is 1. The van der Waals surface area contributed by atoms with Gasteiger partial charge in [0.05, 0.1) is 28.1 Å². The average Bonchev–Trinajstić information content (AvgIpc) is 3.31. The fourth-order valence-corrected chi connectivity index (χ4v) is 5.29. The molecule has 0 atom stereocenters. The maximum absolute atomic E-state index is 6.46. The maximum Gasteiger partial charge on any atom is 0.160 e. The second kappa shape index (κ2) is 5.45. The lowest BCUT2D eigenvalue weighted by Crippen LogP contribution is -2.29. The number of furan rings is 1. The smallest absolute Gasteiger partial charge is 0.160 e. The van der Waals surface area contributed by atoms with Crippen LogP contribution in [-0.4, -0.2) is 10.6 Å². The second-order valence-corrected chi connectivity index (χ2v) is 8.40. The number of fused-ring (bicyclic) bond motifs is 9. The van der Waals surface area contributed by atoms with Crippen molar-refractivity contribution < 1.29 is 4.42 Å². The third kappa shape index (κ3) is 1.81. The summed E-state index contributed by atoms with van der Waals surface area (Å²) >= 11 is 0. The third-order valence-corrected chi connectivity index (χ3v) is 6.43. The van der Waals surface area contributed by atoms with Crippen LogP contribution in [0.4, 0.5) is 11.4 Å². The van der Waals surface area contributed by atoms with Crippen LogP contribution in [0.2, 0.25) is 0 Å². The van der Waals surface area contributed by atoms with Crippen LogP contribution in [-0.2, 0) is 0 Å². The Morgan fingerprint density at radius 1 is 0.600 bits per heavy atom. The number of anilines is 2. The van der Waals surface area contributed by atoms with Crippen LogP contribution in [0.5, 0.6) is 0 Å². The van der Waals surface area contributed by atoms with Crippen molar-refractivity contribution in [1.29, 1.82) is 0 Å². The Labute approximate surface area is 173 Å². The van der Waals surface area contributed by atoms with Crippen molar-refractivity contribution in [2.24, 2.45) is 0 Å². The summed E-state index contributed by atoms with van der Waals surface area (Å²) in [5.41, 5.74) is 8.00. The van der Waals surface area contributed by atoms with E-state index in [-0.39, 0.29) is 0 Å². The Kier molecular flexibility index (Phi) is 2.93. The van der Waals surface area contributed by atoms with E-state index in [0.29, 0.717) is 6.04 Å². The highest BCUT2D eigenvalue weighted by Gasteiger charge is 2.29. The summed E-state index contributed by atoms with van der Waals surface area (Å²) < 4.78 is 8.87. The first-order valence-corrected chi connectivity index (χ1v) is 10.5. The van der Waals surface area contributed by atoms with Crippen molar-refractivity contribution in [2.45, 2.75) is 19.9 Å². The van der Waals surface area contributed by atoms with Crippen molar-refractivity contribution >= 4 is 55.1 Å². The van der Waals surface area contributed by atoms with Gasteiger partial charge in [0.2, 0.25) is 0 Å². The highest BCUT2D eigenvalue weighted by Crippen LogP contribution is 2.49. The number of para-hydroxylation sites is 4. The highest BCUT2D eigenvalue weighted by atomic mass is 16.3. The van der Waals surface area contributed by atoms with E-state index in [1.54, 1.807) is 0 Å². The topological polar surface area (TPSA) is 21.3 Å². The van der Waals surface area contributed by atoms with Crippen molar-refractivity contribution in [3.8, 4) is 5.69 Å². The van der Waals surface area contributed by atoms with Crippen molar-refractivity contribution in [2.75, 3.05) is 4.90 Å². The van der Waals surface area contributed by atoms with Crippen LogP contribution in [0.1, 0.15) is 13.8 Å². The molecule has 3 heteroatoms. The molecule has 0 radical (unpaired) electrons. The summed E-state index contributed by atoms with van der Waals surface area (Å²) in [5, 5.41) is 4.84. The van der Waals surface area contributed by atoms with Crippen LogP contribution in [0.25, 0.3) is 49.4 Å². The predicted molar refractivity (Wildman–Crippen MR) is 125 cm³/mol. The average molecular weight is 388 g/mol. The molecule has 2 aromatic heterocycles. The summed E-state index contributed by atoms with van der Waals surface area (Å²) in [7, 11) is 0. The standard InChI is InChI=1S/C27H20N2O/c1-16(2)28-21-10-4-5-11-22(21)29-25-18(9-7-12-23(25)28)19-14-15-20-17-8-3-6-13-24(17)30-27(20)26(19)29/h3-16H,1-2H3. The van der Waals surface area contributed by atoms with Gasteiger partial charge >= 0.3 is 0 Å². The van der Waals surface area contributed by atoms with Gasteiger partial charge in [0.15, 0.2) is 5.58 Å². The Morgan fingerprint density at radius 2 is 1.27 bits per heavy atom. The molecule has 0 amide bonds. The number of benzene rings is 4. The van der Waals surface area contributed by atoms with Gasteiger partial charge in [0.1, 0.15) is 5.58 Å². The molecule has 0 fully saturated rings. The van der Waals surface area contributed by atoms with Crippen LogP contribution >= 0.6 is 0 Å². The lowest BCUT2D eigenvalue weighted by atomic mass is 10.1. The minimum Gasteiger partial charge on any atom is -0.454 e. The van der Waals surface area contributed by atoms with E-state index >= 15 is 0 Å². The SMILES string of the molecule is CC(C)N1c2ccccc2-n2c3c1cccc3c1ccc3c4ccccc4oc3c12. The molecule has 144 valence electrons. The molecule has 3 heterocycles. The molecule has 0 saturated heterocycles. The number of hydrogen-bond acceptors (Lipinski definition) is 2. The fraction of sp³-hybridized carbons (Fsp3) is 0.111. The molecule has 1 aliphatic heterocycles. The second-order valence-electron chi connectivity index (χ2n) is 8.40. The van der Waals surface area contributed by atoms with Crippen molar-refractivity contribution in [3.05, 3.63) is 78.9 Å². The molecule has 7 rings (SSSR count). The molecule has 1 aliphatic rings. The van der Waals surface area contributed by atoms with Gasteiger partial charge in [-0.2, -0.15) is 0 Å². The van der Waals surface area contributed by atoms with Gasteiger partial charge in [-0.25, -0.2) is 0 Å². The Hall–Kier alpha value is -3.72. The van der Waals surface area contributed by atoms with E-state index in [4.69, 9.17) is 4.42 Å². The maximum atomic E-state index is 6.46.